The summed E-state index contributed by atoms with van der Waals surface area (Å²) in [5.41, 5.74) is 5.16. The van der Waals surface area contributed by atoms with Gasteiger partial charge in [-0.3, -0.25) is 9.78 Å². The number of rotatable bonds is 2. The molecule has 1 N–H and O–H groups in total. The summed E-state index contributed by atoms with van der Waals surface area (Å²) < 4.78 is 1.75. The molecule has 0 atom stereocenters. The van der Waals surface area contributed by atoms with Crippen LogP contribution in [-0.2, 0) is 11.8 Å². The van der Waals surface area contributed by atoms with Crippen LogP contribution in [0, 0.1) is 6.92 Å². The molecule has 4 aromatic rings. The molecule has 0 saturated carbocycles. The number of amides is 1. The van der Waals surface area contributed by atoms with Crippen molar-refractivity contribution in [3.8, 4) is 11.3 Å². The number of hydrogen-bond donors (Lipinski definition) is 1. The molecule has 1 aromatic carbocycles. The van der Waals surface area contributed by atoms with E-state index in [9.17, 15) is 4.79 Å². The molecule has 6 nitrogen and oxygen atoms in total. The standard InChI is InChI=1S/C19H17N5O/c1-11-7-8-14-15(5-4-6-17(14)21-11)18-16-9-13(22-12(2)25)10-20-19(16)24(3)23-18/h4-10H,1-3H3,(H,22,25). The second kappa shape index (κ2) is 5.66. The molecule has 0 fully saturated rings. The highest BCUT2D eigenvalue weighted by molar-refractivity contribution is 6.03. The summed E-state index contributed by atoms with van der Waals surface area (Å²) >= 11 is 0. The second-order valence-electron chi connectivity index (χ2n) is 6.07. The predicted molar refractivity (Wildman–Crippen MR) is 98.3 cm³/mol. The van der Waals surface area contributed by atoms with Gasteiger partial charge in [0.05, 0.1) is 17.4 Å². The van der Waals surface area contributed by atoms with Gasteiger partial charge in [-0.1, -0.05) is 18.2 Å². The number of fused-ring (bicyclic) bond motifs is 2. The van der Waals surface area contributed by atoms with Gasteiger partial charge in [0.2, 0.25) is 5.91 Å². The van der Waals surface area contributed by atoms with Crippen LogP contribution in [0.3, 0.4) is 0 Å². The monoisotopic (exact) mass is 331 g/mol. The van der Waals surface area contributed by atoms with Gasteiger partial charge >= 0.3 is 0 Å². The van der Waals surface area contributed by atoms with Crippen LogP contribution in [0.2, 0.25) is 0 Å². The SMILES string of the molecule is CC(=O)Nc1cnc2c(c1)c(-c1cccc3nc(C)ccc13)nn2C. The zero-order chi connectivity index (χ0) is 17.6. The Labute approximate surface area is 144 Å². The molecule has 4 rings (SSSR count). The largest absolute Gasteiger partial charge is 0.325 e. The third kappa shape index (κ3) is 2.61. The maximum Gasteiger partial charge on any atom is 0.221 e. The van der Waals surface area contributed by atoms with Crippen molar-refractivity contribution in [2.75, 3.05) is 5.32 Å². The summed E-state index contributed by atoms with van der Waals surface area (Å²) in [5, 5.41) is 9.38. The van der Waals surface area contributed by atoms with Crippen LogP contribution in [0.4, 0.5) is 5.69 Å². The lowest BCUT2D eigenvalue weighted by atomic mass is 10.0. The Kier molecular flexibility index (Phi) is 3.46. The van der Waals surface area contributed by atoms with E-state index in [4.69, 9.17) is 0 Å². The van der Waals surface area contributed by atoms with E-state index in [2.05, 4.69) is 26.4 Å². The van der Waals surface area contributed by atoms with Crippen LogP contribution in [0.15, 0.2) is 42.6 Å². The van der Waals surface area contributed by atoms with Crippen molar-refractivity contribution in [2.24, 2.45) is 7.05 Å². The van der Waals surface area contributed by atoms with E-state index in [-0.39, 0.29) is 5.91 Å². The second-order valence-corrected chi connectivity index (χ2v) is 6.07. The molecular formula is C19H17N5O. The maximum absolute atomic E-state index is 11.3. The van der Waals surface area contributed by atoms with Crippen LogP contribution >= 0.6 is 0 Å². The topological polar surface area (TPSA) is 72.7 Å². The Balaban J connectivity index is 1.99. The minimum absolute atomic E-state index is 0.128. The van der Waals surface area contributed by atoms with Crippen molar-refractivity contribution in [2.45, 2.75) is 13.8 Å². The fourth-order valence-electron chi connectivity index (χ4n) is 3.07. The van der Waals surface area contributed by atoms with Gasteiger partial charge in [0.25, 0.3) is 0 Å². The highest BCUT2D eigenvalue weighted by atomic mass is 16.1. The van der Waals surface area contributed by atoms with Crippen LogP contribution < -0.4 is 5.32 Å². The summed E-state index contributed by atoms with van der Waals surface area (Å²) in [7, 11) is 1.87. The number of pyridine rings is 2. The molecule has 0 aliphatic heterocycles. The molecule has 0 aliphatic carbocycles. The van der Waals surface area contributed by atoms with Gasteiger partial charge in [0, 0.05) is 36.0 Å². The molecule has 1 amide bonds. The molecule has 3 heterocycles. The Morgan fingerprint density at radius 2 is 2.00 bits per heavy atom. The molecule has 0 saturated heterocycles. The molecule has 0 radical (unpaired) electrons. The highest BCUT2D eigenvalue weighted by Gasteiger charge is 2.15. The number of anilines is 1. The molecule has 0 aliphatic rings. The molecular weight excluding hydrogens is 314 g/mol. The molecule has 3 aromatic heterocycles. The van der Waals surface area contributed by atoms with E-state index >= 15 is 0 Å². The van der Waals surface area contributed by atoms with E-state index in [1.165, 1.54) is 6.92 Å². The lowest BCUT2D eigenvalue weighted by Crippen LogP contribution is -2.05. The Morgan fingerprint density at radius 3 is 2.80 bits per heavy atom. The van der Waals surface area contributed by atoms with Gasteiger partial charge in [-0.15, -0.1) is 0 Å². The first-order chi connectivity index (χ1) is 12.0. The smallest absolute Gasteiger partial charge is 0.221 e. The van der Waals surface area contributed by atoms with Gasteiger partial charge in [-0.2, -0.15) is 5.10 Å². The van der Waals surface area contributed by atoms with E-state index in [0.29, 0.717) is 5.69 Å². The summed E-state index contributed by atoms with van der Waals surface area (Å²) in [5.74, 6) is -0.128. The molecule has 124 valence electrons. The van der Waals surface area contributed by atoms with Crippen molar-refractivity contribution in [3.05, 3.63) is 48.3 Å². The van der Waals surface area contributed by atoms with E-state index in [0.717, 1.165) is 38.9 Å². The van der Waals surface area contributed by atoms with E-state index < -0.39 is 0 Å². The fraction of sp³-hybridized carbons (Fsp3) is 0.158. The van der Waals surface area contributed by atoms with Crippen LogP contribution in [0.1, 0.15) is 12.6 Å². The number of carbonyl (C=O) groups excluding carboxylic acids is 1. The number of benzene rings is 1. The van der Waals surface area contributed by atoms with E-state index in [1.807, 2.05) is 44.3 Å². The summed E-state index contributed by atoms with van der Waals surface area (Å²) in [6, 6.07) is 12.0. The normalized spacial score (nSPS) is 11.2. The number of carbonyl (C=O) groups is 1. The fourth-order valence-corrected chi connectivity index (χ4v) is 3.07. The summed E-state index contributed by atoms with van der Waals surface area (Å²) in [6.45, 7) is 3.46. The third-order valence-electron chi connectivity index (χ3n) is 4.12. The van der Waals surface area contributed by atoms with Crippen LogP contribution in [0.25, 0.3) is 33.2 Å². The first-order valence-electron chi connectivity index (χ1n) is 8.00. The molecule has 6 heteroatoms. The Hall–Kier alpha value is -3.28. The van der Waals surface area contributed by atoms with Crippen molar-refractivity contribution < 1.29 is 4.79 Å². The van der Waals surface area contributed by atoms with Gasteiger partial charge in [-0.05, 0) is 25.1 Å². The van der Waals surface area contributed by atoms with Crippen molar-refractivity contribution in [3.63, 3.8) is 0 Å². The van der Waals surface area contributed by atoms with Crippen molar-refractivity contribution in [1.82, 2.24) is 19.7 Å². The molecule has 25 heavy (non-hydrogen) atoms. The molecule has 0 bridgehead atoms. The van der Waals surface area contributed by atoms with Gasteiger partial charge in [0.1, 0.15) is 5.69 Å². The zero-order valence-corrected chi connectivity index (χ0v) is 14.2. The lowest BCUT2D eigenvalue weighted by Gasteiger charge is -2.06. The first-order valence-corrected chi connectivity index (χ1v) is 8.00. The zero-order valence-electron chi connectivity index (χ0n) is 14.2. The Bertz CT molecular complexity index is 1130. The average molecular weight is 331 g/mol. The summed E-state index contributed by atoms with van der Waals surface area (Å²) in [6.07, 6.45) is 1.64. The number of aromatic nitrogens is 4. The number of aryl methyl sites for hydroxylation is 2. The first kappa shape index (κ1) is 15.3. The lowest BCUT2D eigenvalue weighted by molar-refractivity contribution is -0.114. The molecule has 0 unspecified atom stereocenters. The van der Waals surface area contributed by atoms with Crippen LogP contribution in [-0.4, -0.2) is 25.7 Å². The predicted octanol–water partition coefficient (Wildman–Crippen LogP) is 3.45. The van der Waals surface area contributed by atoms with Crippen LogP contribution in [0.5, 0.6) is 0 Å². The number of hydrogen-bond acceptors (Lipinski definition) is 4. The maximum atomic E-state index is 11.3. The van der Waals surface area contributed by atoms with Crippen molar-refractivity contribution >= 4 is 33.5 Å². The highest BCUT2D eigenvalue weighted by Crippen LogP contribution is 2.33. The molecule has 0 spiro atoms. The van der Waals surface area contributed by atoms with E-state index in [1.54, 1.807) is 10.9 Å². The van der Waals surface area contributed by atoms with Crippen molar-refractivity contribution in [1.29, 1.82) is 0 Å². The quantitative estimate of drug-likeness (QED) is 0.610. The number of nitrogens with one attached hydrogen (secondary N) is 1. The minimum atomic E-state index is -0.128. The third-order valence-corrected chi connectivity index (χ3v) is 4.12. The average Bonchev–Trinajstić information content (AvgIpc) is 2.89. The Morgan fingerprint density at radius 1 is 1.16 bits per heavy atom. The van der Waals surface area contributed by atoms with Gasteiger partial charge in [-0.25, -0.2) is 9.67 Å². The number of nitrogens with zero attached hydrogens (tertiary/aromatic N) is 4. The minimum Gasteiger partial charge on any atom is -0.325 e. The van der Waals surface area contributed by atoms with Gasteiger partial charge < -0.3 is 5.32 Å². The summed E-state index contributed by atoms with van der Waals surface area (Å²) in [4.78, 5) is 20.4. The van der Waals surface area contributed by atoms with Gasteiger partial charge in [0.15, 0.2) is 5.65 Å².